The fourth-order valence-electron chi connectivity index (χ4n) is 3.66. The van der Waals surface area contributed by atoms with E-state index in [0.29, 0.717) is 12.0 Å². The van der Waals surface area contributed by atoms with Crippen molar-refractivity contribution in [2.24, 2.45) is 0 Å². The van der Waals surface area contributed by atoms with Crippen LogP contribution in [-0.4, -0.2) is 12.6 Å². The molecular formula is C17H24ClN. The highest BCUT2D eigenvalue weighted by Crippen LogP contribution is 2.36. The van der Waals surface area contributed by atoms with Crippen molar-refractivity contribution in [2.75, 3.05) is 6.54 Å². The van der Waals surface area contributed by atoms with Gasteiger partial charge in [-0.05, 0) is 61.8 Å². The monoisotopic (exact) mass is 277 g/mol. The van der Waals surface area contributed by atoms with Crippen molar-refractivity contribution in [2.45, 2.75) is 63.3 Å². The summed E-state index contributed by atoms with van der Waals surface area (Å²) in [6.07, 6.45) is 10.5. The molecule has 1 aliphatic carbocycles. The second kappa shape index (κ2) is 6.28. The van der Waals surface area contributed by atoms with E-state index in [2.05, 4.69) is 23.5 Å². The molecule has 0 aromatic heterocycles. The van der Waals surface area contributed by atoms with E-state index in [1.54, 1.807) is 0 Å². The number of rotatable bonds is 3. The van der Waals surface area contributed by atoms with Gasteiger partial charge >= 0.3 is 0 Å². The molecule has 19 heavy (non-hydrogen) atoms. The molecule has 0 spiro atoms. The van der Waals surface area contributed by atoms with Crippen LogP contribution in [-0.2, 0) is 6.42 Å². The van der Waals surface area contributed by atoms with Crippen molar-refractivity contribution in [3.63, 3.8) is 0 Å². The van der Waals surface area contributed by atoms with Crippen LogP contribution in [0.1, 0.15) is 62.0 Å². The van der Waals surface area contributed by atoms with Crippen LogP contribution in [0.3, 0.4) is 0 Å². The highest BCUT2D eigenvalue weighted by molar-refractivity contribution is 6.31. The lowest BCUT2D eigenvalue weighted by Crippen LogP contribution is -2.23. The Hall–Kier alpha value is -0.530. The molecule has 0 radical (unpaired) electrons. The van der Waals surface area contributed by atoms with Gasteiger partial charge in [-0.1, -0.05) is 43.0 Å². The Morgan fingerprint density at radius 2 is 1.89 bits per heavy atom. The molecule has 1 atom stereocenters. The van der Waals surface area contributed by atoms with Crippen LogP contribution in [0.5, 0.6) is 0 Å². The van der Waals surface area contributed by atoms with Gasteiger partial charge in [-0.3, -0.25) is 0 Å². The lowest BCUT2D eigenvalue weighted by atomic mass is 9.83. The zero-order valence-corrected chi connectivity index (χ0v) is 12.4. The average Bonchev–Trinajstić information content (AvgIpc) is 2.93. The molecule has 2 fully saturated rings. The van der Waals surface area contributed by atoms with Crippen LogP contribution in [0.25, 0.3) is 0 Å². The van der Waals surface area contributed by atoms with E-state index in [-0.39, 0.29) is 0 Å². The molecule has 0 amide bonds. The fourth-order valence-corrected chi connectivity index (χ4v) is 4.02. The largest absolute Gasteiger partial charge is 0.314 e. The summed E-state index contributed by atoms with van der Waals surface area (Å²) in [6.45, 7) is 1.18. The van der Waals surface area contributed by atoms with Gasteiger partial charge in [-0.25, -0.2) is 0 Å². The van der Waals surface area contributed by atoms with Gasteiger partial charge in [-0.2, -0.15) is 0 Å². The average molecular weight is 278 g/mol. The zero-order valence-electron chi connectivity index (χ0n) is 11.6. The van der Waals surface area contributed by atoms with Crippen molar-refractivity contribution < 1.29 is 0 Å². The summed E-state index contributed by atoms with van der Waals surface area (Å²) >= 11 is 6.53. The maximum Gasteiger partial charge on any atom is 0.0443 e. The highest BCUT2D eigenvalue weighted by Gasteiger charge is 2.19. The first kappa shape index (κ1) is 13.5. The van der Waals surface area contributed by atoms with Gasteiger partial charge in [0.05, 0.1) is 0 Å². The van der Waals surface area contributed by atoms with Gasteiger partial charge in [0.15, 0.2) is 0 Å². The molecule has 104 valence electrons. The van der Waals surface area contributed by atoms with Crippen molar-refractivity contribution in [1.82, 2.24) is 5.32 Å². The second-order valence-corrected chi connectivity index (χ2v) is 6.60. The summed E-state index contributed by atoms with van der Waals surface area (Å²) in [6, 6.07) is 7.47. The molecule has 0 bridgehead atoms. The van der Waals surface area contributed by atoms with E-state index in [1.807, 2.05) is 0 Å². The molecule has 2 aliphatic rings. The van der Waals surface area contributed by atoms with E-state index in [0.717, 1.165) is 11.4 Å². The van der Waals surface area contributed by atoms with Crippen molar-refractivity contribution >= 4 is 11.6 Å². The topological polar surface area (TPSA) is 12.0 Å². The van der Waals surface area contributed by atoms with Crippen LogP contribution in [0, 0.1) is 0 Å². The summed E-state index contributed by atoms with van der Waals surface area (Å²) < 4.78 is 0. The number of hydrogen-bond donors (Lipinski definition) is 1. The van der Waals surface area contributed by atoms with Crippen molar-refractivity contribution in [3.8, 4) is 0 Å². The highest BCUT2D eigenvalue weighted by atomic mass is 35.5. The minimum atomic E-state index is 0.664. The number of nitrogens with one attached hydrogen (secondary N) is 1. The van der Waals surface area contributed by atoms with Gasteiger partial charge in [0.2, 0.25) is 0 Å². The van der Waals surface area contributed by atoms with Gasteiger partial charge in [0, 0.05) is 11.1 Å². The minimum absolute atomic E-state index is 0.664. The van der Waals surface area contributed by atoms with E-state index < -0.39 is 0 Å². The first-order valence-corrected chi connectivity index (χ1v) is 8.22. The molecule has 1 aromatic rings. The normalized spacial score (nSPS) is 24.8. The standard InChI is InChI=1S/C17H24ClN/c18-17-12-13(11-15-7-4-10-19-15)8-9-16(17)14-5-2-1-3-6-14/h8-9,12,14-15,19H,1-7,10-11H2. The molecule has 1 aromatic carbocycles. The van der Waals surface area contributed by atoms with Crippen LogP contribution >= 0.6 is 11.6 Å². The van der Waals surface area contributed by atoms with E-state index >= 15 is 0 Å². The molecule has 3 rings (SSSR count). The number of hydrogen-bond acceptors (Lipinski definition) is 1. The molecule has 1 N–H and O–H groups in total. The Morgan fingerprint density at radius 1 is 1.05 bits per heavy atom. The molecule has 1 saturated heterocycles. The Bertz CT molecular complexity index is 417. The smallest absolute Gasteiger partial charge is 0.0443 e. The van der Waals surface area contributed by atoms with Gasteiger partial charge in [0.25, 0.3) is 0 Å². The third kappa shape index (κ3) is 3.32. The van der Waals surface area contributed by atoms with E-state index in [4.69, 9.17) is 11.6 Å². The number of benzene rings is 1. The Balaban J connectivity index is 1.69. The lowest BCUT2D eigenvalue weighted by Gasteiger charge is -2.23. The maximum absolute atomic E-state index is 6.53. The molecule has 1 unspecified atom stereocenters. The molecular weight excluding hydrogens is 254 g/mol. The summed E-state index contributed by atoms with van der Waals surface area (Å²) in [5.74, 6) is 0.708. The third-order valence-corrected chi connectivity index (χ3v) is 5.08. The molecule has 2 heteroatoms. The summed E-state index contributed by atoms with van der Waals surface area (Å²) in [5, 5.41) is 4.56. The Morgan fingerprint density at radius 3 is 2.58 bits per heavy atom. The fraction of sp³-hybridized carbons (Fsp3) is 0.647. The predicted octanol–water partition coefficient (Wildman–Crippen LogP) is 4.68. The Labute approximate surface area is 121 Å². The predicted molar refractivity (Wildman–Crippen MR) is 82.0 cm³/mol. The Kier molecular flexibility index (Phi) is 4.45. The van der Waals surface area contributed by atoms with Crippen LogP contribution in [0.2, 0.25) is 5.02 Å². The summed E-state index contributed by atoms with van der Waals surface area (Å²) in [7, 11) is 0. The first-order chi connectivity index (χ1) is 9.33. The summed E-state index contributed by atoms with van der Waals surface area (Å²) in [4.78, 5) is 0. The third-order valence-electron chi connectivity index (χ3n) is 4.75. The van der Waals surface area contributed by atoms with E-state index in [1.165, 1.54) is 62.6 Å². The lowest BCUT2D eigenvalue weighted by molar-refractivity contribution is 0.443. The number of halogens is 1. The maximum atomic E-state index is 6.53. The zero-order chi connectivity index (χ0) is 13.1. The van der Waals surface area contributed by atoms with Crippen LogP contribution < -0.4 is 5.32 Å². The first-order valence-electron chi connectivity index (χ1n) is 7.84. The second-order valence-electron chi connectivity index (χ2n) is 6.19. The van der Waals surface area contributed by atoms with Gasteiger partial charge in [0.1, 0.15) is 0 Å². The molecule has 1 heterocycles. The van der Waals surface area contributed by atoms with E-state index in [9.17, 15) is 0 Å². The molecule has 1 saturated carbocycles. The van der Waals surface area contributed by atoms with Crippen LogP contribution in [0.4, 0.5) is 0 Å². The minimum Gasteiger partial charge on any atom is -0.314 e. The van der Waals surface area contributed by atoms with Gasteiger partial charge in [-0.15, -0.1) is 0 Å². The van der Waals surface area contributed by atoms with Crippen molar-refractivity contribution in [1.29, 1.82) is 0 Å². The summed E-state index contributed by atoms with van der Waals surface area (Å²) in [5.41, 5.74) is 2.79. The molecule has 1 nitrogen and oxygen atoms in total. The van der Waals surface area contributed by atoms with Gasteiger partial charge < -0.3 is 5.32 Å². The quantitative estimate of drug-likeness (QED) is 0.846. The molecule has 1 aliphatic heterocycles. The SMILES string of the molecule is Clc1cc(CC2CCCN2)ccc1C1CCCCC1. The van der Waals surface area contributed by atoms with Crippen molar-refractivity contribution in [3.05, 3.63) is 34.3 Å². The van der Waals surface area contributed by atoms with Crippen LogP contribution in [0.15, 0.2) is 18.2 Å².